The summed E-state index contributed by atoms with van der Waals surface area (Å²) in [5, 5.41) is 0. The molecule has 0 saturated carbocycles. The van der Waals surface area contributed by atoms with E-state index in [9.17, 15) is 0 Å². The molecule has 2 nitrogen and oxygen atoms in total. The van der Waals surface area contributed by atoms with Crippen molar-refractivity contribution in [2.24, 2.45) is 0 Å². The standard InChI is InChI=1S/2ClH.Cr.2H2N.Pt/h2*1H;;2*1H2;/q;;+2;2*-1;/p-2. The molecule has 0 spiro atoms. The number of rotatable bonds is 0. The Morgan fingerprint density at radius 3 is 1.00 bits per heavy atom. The summed E-state index contributed by atoms with van der Waals surface area (Å²) >= 11 is -0.181. The van der Waals surface area contributed by atoms with E-state index in [4.69, 9.17) is 20.1 Å². The Hall–Kier alpha value is 1.72. The summed E-state index contributed by atoms with van der Waals surface area (Å²) in [5.41, 5.74) is 0. The molecule has 0 fully saturated rings. The van der Waals surface area contributed by atoms with Gasteiger partial charge in [-0.05, 0) is 0 Å². The van der Waals surface area contributed by atoms with Gasteiger partial charge >= 0.3 is 33.5 Å². The van der Waals surface area contributed by atoms with E-state index in [1.807, 2.05) is 0 Å². The van der Waals surface area contributed by atoms with Gasteiger partial charge in [0.05, 0.1) is 0 Å². The molecular weight excluding hydrogens is 346 g/mol. The Morgan fingerprint density at radius 1 is 1.00 bits per heavy atom. The molecule has 0 aromatic heterocycles. The first-order chi connectivity index (χ1) is 1.41. The van der Waals surface area contributed by atoms with Crippen LogP contribution in [-0.4, -0.2) is 0 Å². The maximum absolute atomic E-state index is 4.83. The molecule has 0 aromatic rings. The number of nitrogens with two attached hydrogens (primary N) is 2. The molecule has 0 rings (SSSR count). The second kappa shape index (κ2) is 29.7. The van der Waals surface area contributed by atoms with E-state index < -0.39 is 0 Å². The molecule has 0 aliphatic rings. The van der Waals surface area contributed by atoms with Gasteiger partial charge in [-0.1, -0.05) is 0 Å². The Balaban J connectivity index is -0.00000000667. The van der Waals surface area contributed by atoms with Crippen LogP contribution in [0, 0.1) is 0 Å². The van der Waals surface area contributed by atoms with E-state index in [2.05, 4.69) is 0 Å². The Morgan fingerprint density at radius 2 is 1.00 bits per heavy atom. The maximum atomic E-state index is 4.83. The van der Waals surface area contributed by atoms with E-state index in [1.165, 1.54) is 0 Å². The monoisotopic (exact) mass is 349 g/mol. The van der Waals surface area contributed by atoms with Gasteiger partial charge in [0.25, 0.3) is 0 Å². The van der Waals surface area contributed by atoms with Gasteiger partial charge in [-0.25, -0.2) is 0 Å². The van der Waals surface area contributed by atoms with Crippen LogP contribution in [0.15, 0.2) is 0 Å². The second-order valence-corrected chi connectivity index (χ2v) is 2.16. The first kappa shape index (κ1) is 25.2. The minimum Gasteiger partial charge on any atom is -0.693 e. The van der Waals surface area contributed by atoms with Gasteiger partial charge in [0.2, 0.25) is 0 Å². The summed E-state index contributed by atoms with van der Waals surface area (Å²) < 4.78 is 0. The molecule has 0 unspecified atom stereocenters. The van der Waals surface area contributed by atoms with Gasteiger partial charge in [0, 0.05) is 21.1 Å². The average molecular weight is 350 g/mol. The normalized spacial score (nSPS) is 3.00. The van der Waals surface area contributed by atoms with Crippen molar-refractivity contribution in [1.29, 1.82) is 0 Å². The van der Waals surface area contributed by atoms with Crippen LogP contribution < -0.4 is 0 Å². The van der Waals surface area contributed by atoms with Gasteiger partial charge in [-0.15, -0.1) is 0 Å². The molecule has 46 valence electrons. The predicted octanol–water partition coefficient (Wildman–Crippen LogP) is 2.81. The van der Waals surface area contributed by atoms with Gasteiger partial charge < -0.3 is 12.3 Å². The van der Waals surface area contributed by atoms with Crippen molar-refractivity contribution in [3.8, 4) is 0 Å². The second-order valence-electron chi connectivity index (χ2n) is 0.0583. The zero-order chi connectivity index (χ0) is 2.71. The van der Waals surface area contributed by atoms with Gasteiger partial charge in [0.15, 0.2) is 0 Å². The van der Waals surface area contributed by atoms with E-state index >= 15 is 0 Å². The van der Waals surface area contributed by atoms with Crippen molar-refractivity contribution < 1.29 is 34.4 Å². The SMILES string of the molecule is [Cl][Cr][Cl].[NH2-].[NH2-].[Pt]. The molecule has 6 heteroatoms. The van der Waals surface area contributed by atoms with Crippen molar-refractivity contribution in [2.45, 2.75) is 0 Å². The summed E-state index contributed by atoms with van der Waals surface area (Å²) in [5.74, 6) is 0. The number of hydrogen-bond acceptors (Lipinski definition) is 0. The third-order valence-corrected chi connectivity index (χ3v) is 0. The van der Waals surface area contributed by atoms with Crippen molar-refractivity contribution in [3.05, 3.63) is 12.3 Å². The Bertz CT molecular complexity index is 11.5. The molecular formula is H4Cl2CrN2Pt-2. The van der Waals surface area contributed by atoms with Crippen LogP contribution in [0.5, 0.6) is 0 Å². The van der Waals surface area contributed by atoms with Gasteiger partial charge in [0.1, 0.15) is 0 Å². The largest absolute Gasteiger partial charge is 0.693 e. The first-order valence-corrected chi connectivity index (χ1v) is 3.82. The van der Waals surface area contributed by atoms with Crippen LogP contribution in [0.3, 0.4) is 0 Å². The molecule has 0 aliphatic heterocycles. The minimum absolute atomic E-state index is 0. The van der Waals surface area contributed by atoms with Crippen LogP contribution in [0.4, 0.5) is 0 Å². The van der Waals surface area contributed by atoms with Crippen LogP contribution >= 0.6 is 20.1 Å². The molecule has 6 heavy (non-hydrogen) atoms. The van der Waals surface area contributed by atoms with E-state index in [1.54, 1.807) is 0 Å². The smallest absolute Gasteiger partial charge is 0 e. The quantitative estimate of drug-likeness (QED) is 0.645. The predicted molar refractivity (Wildman–Crippen MR) is 22.3 cm³/mol. The molecule has 0 amide bonds. The maximum Gasteiger partial charge on any atom is 0 e. The molecule has 4 N–H and O–H groups in total. The molecule has 0 saturated heterocycles. The molecule has 0 aliphatic carbocycles. The molecule has 0 atom stereocenters. The average Bonchev–Trinajstić information content (AvgIpc) is 0.918. The third-order valence-electron chi connectivity index (χ3n) is 0. The van der Waals surface area contributed by atoms with Crippen molar-refractivity contribution >= 4 is 20.1 Å². The van der Waals surface area contributed by atoms with E-state index in [0.29, 0.717) is 0 Å². The van der Waals surface area contributed by atoms with Crippen LogP contribution in [-0.2, 0) is 34.4 Å². The Labute approximate surface area is 66.5 Å². The number of halogens is 2. The fourth-order valence-corrected chi connectivity index (χ4v) is 0. The topological polar surface area (TPSA) is 67.0 Å². The van der Waals surface area contributed by atoms with Crippen molar-refractivity contribution in [3.63, 3.8) is 0 Å². The van der Waals surface area contributed by atoms with Crippen LogP contribution in [0.1, 0.15) is 0 Å². The van der Waals surface area contributed by atoms with Crippen LogP contribution in [0.2, 0.25) is 0 Å². The van der Waals surface area contributed by atoms with Crippen molar-refractivity contribution in [1.82, 2.24) is 0 Å². The van der Waals surface area contributed by atoms with Gasteiger partial charge in [-0.2, -0.15) is 0 Å². The van der Waals surface area contributed by atoms with Crippen LogP contribution in [0.25, 0.3) is 12.3 Å². The fourth-order valence-electron chi connectivity index (χ4n) is 0. The van der Waals surface area contributed by atoms with Gasteiger partial charge in [-0.3, -0.25) is 0 Å². The zero-order valence-corrected chi connectivity index (χ0v) is 7.69. The molecule has 0 bridgehead atoms. The minimum atomic E-state index is -0.181. The molecule has 0 aromatic carbocycles. The van der Waals surface area contributed by atoms with E-state index in [0.717, 1.165) is 0 Å². The van der Waals surface area contributed by atoms with Crippen molar-refractivity contribution in [2.75, 3.05) is 0 Å². The van der Waals surface area contributed by atoms with E-state index in [-0.39, 0.29) is 46.7 Å². The number of hydrogen-bond donors (Lipinski definition) is 0. The molecule has 0 heterocycles. The summed E-state index contributed by atoms with van der Waals surface area (Å²) in [6.07, 6.45) is 0. The Kier molecular flexibility index (Phi) is 125. The summed E-state index contributed by atoms with van der Waals surface area (Å²) in [6.45, 7) is 0. The zero-order valence-electron chi connectivity index (χ0n) is 2.64. The first-order valence-electron chi connectivity index (χ1n) is 0.309. The summed E-state index contributed by atoms with van der Waals surface area (Å²) in [7, 11) is 9.65. The summed E-state index contributed by atoms with van der Waals surface area (Å²) in [6, 6.07) is 0. The molecule has 0 radical (unpaired) electrons. The third kappa shape index (κ3) is 43.1. The fraction of sp³-hybridized carbons (Fsp3) is 0. The summed E-state index contributed by atoms with van der Waals surface area (Å²) in [4.78, 5) is 0.